The van der Waals surface area contributed by atoms with Crippen molar-refractivity contribution >= 4 is 11.6 Å². The molecule has 1 aliphatic heterocycles. The monoisotopic (exact) mass is 311 g/mol. The van der Waals surface area contributed by atoms with Crippen molar-refractivity contribution in [2.75, 3.05) is 11.9 Å². The Kier molecular flexibility index (Phi) is 4.98. The van der Waals surface area contributed by atoms with Crippen molar-refractivity contribution in [3.8, 4) is 11.4 Å². The first-order valence-corrected chi connectivity index (χ1v) is 8.06. The Morgan fingerprint density at radius 1 is 1.26 bits per heavy atom. The van der Waals surface area contributed by atoms with E-state index < -0.39 is 0 Å². The van der Waals surface area contributed by atoms with E-state index >= 15 is 0 Å². The Morgan fingerprint density at radius 3 is 2.70 bits per heavy atom. The van der Waals surface area contributed by atoms with Crippen LogP contribution in [0.4, 0.5) is 5.69 Å². The number of benzene rings is 1. The Bertz CT molecular complexity index is 643. The standard InChI is InChI=1S/C18H21N3O2/c1-2-16-12-14(8-11-23-16)18(22)21-15-6-4-13(5-7-15)17-19-9-3-10-20-17/h3-7,9-10,14,16H,2,8,11-12H2,1H3,(H,21,22)/t14-,16-/m1/s1. The molecule has 1 saturated heterocycles. The van der Waals surface area contributed by atoms with Crippen LogP contribution in [0.2, 0.25) is 0 Å². The van der Waals surface area contributed by atoms with Crippen LogP contribution in [0.5, 0.6) is 0 Å². The minimum Gasteiger partial charge on any atom is -0.378 e. The number of hydrogen-bond donors (Lipinski definition) is 1. The normalized spacial score (nSPS) is 20.9. The highest BCUT2D eigenvalue weighted by Crippen LogP contribution is 2.24. The molecule has 3 rings (SSSR count). The highest BCUT2D eigenvalue weighted by molar-refractivity contribution is 5.92. The number of carbonyl (C=O) groups is 1. The minimum absolute atomic E-state index is 0.0332. The van der Waals surface area contributed by atoms with E-state index in [4.69, 9.17) is 4.74 Å². The summed E-state index contributed by atoms with van der Waals surface area (Å²) in [5.74, 6) is 0.793. The van der Waals surface area contributed by atoms with E-state index in [1.54, 1.807) is 18.5 Å². The predicted molar refractivity (Wildman–Crippen MR) is 88.9 cm³/mol. The molecule has 120 valence electrons. The van der Waals surface area contributed by atoms with Gasteiger partial charge in [0.2, 0.25) is 5.91 Å². The van der Waals surface area contributed by atoms with Gasteiger partial charge in [0.25, 0.3) is 0 Å². The fourth-order valence-corrected chi connectivity index (χ4v) is 2.80. The molecule has 1 amide bonds. The predicted octanol–water partition coefficient (Wildman–Crippen LogP) is 3.29. The molecule has 0 unspecified atom stereocenters. The summed E-state index contributed by atoms with van der Waals surface area (Å²) in [6.07, 6.45) is 6.18. The number of carbonyl (C=O) groups excluding carboxylic acids is 1. The van der Waals surface area contributed by atoms with Crippen molar-refractivity contribution in [1.82, 2.24) is 9.97 Å². The second kappa shape index (κ2) is 7.33. The molecule has 1 aliphatic rings. The van der Waals surface area contributed by atoms with Gasteiger partial charge in [-0.1, -0.05) is 6.92 Å². The summed E-state index contributed by atoms with van der Waals surface area (Å²) in [5.41, 5.74) is 1.73. The summed E-state index contributed by atoms with van der Waals surface area (Å²) in [6, 6.07) is 9.41. The van der Waals surface area contributed by atoms with E-state index in [0.29, 0.717) is 12.4 Å². The molecule has 0 radical (unpaired) electrons. The summed E-state index contributed by atoms with van der Waals surface area (Å²) >= 11 is 0. The lowest BCUT2D eigenvalue weighted by molar-refractivity contribution is -0.124. The van der Waals surface area contributed by atoms with Gasteiger partial charge in [-0.15, -0.1) is 0 Å². The van der Waals surface area contributed by atoms with Gasteiger partial charge >= 0.3 is 0 Å². The largest absolute Gasteiger partial charge is 0.378 e. The zero-order valence-electron chi connectivity index (χ0n) is 13.2. The molecule has 2 aromatic rings. The summed E-state index contributed by atoms with van der Waals surface area (Å²) in [5, 5.41) is 3.00. The van der Waals surface area contributed by atoms with Crippen molar-refractivity contribution in [1.29, 1.82) is 0 Å². The summed E-state index contributed by atoms with van der Waals surface area (Å²) in [4.78, 5) is 20.8. The quantitative estimate of drug-likeness (QED) is 0.941. The number of amides is 1. The van der Waals surface area contributed by atoms with E-state index in [1.807, 2.05) is 24.3 Å². The third-order valence-electron chi connectivity index (χ3n) is 4.17. The van der Waals surface area contributed by atoms with Gasteiger partial charge in [0.05, 0.1) is 6.10 Å². The number of ether oxygens (including phenoxy) is 1. The molecule has 0 aliphatic carbocycles. The Morgan fingerprint density at radius 2 is 2.00 bits per heavy atom. The van der Waals surface area contributed by atoms with Crippen LogP contribution in [0.3, 0.4) is 0 Å². The number of nitrogens with one attached hydrogen (secondary N) is 1. The van der Waals surface area contributed by atoms with Crippen LogP contribution in [0, 0.1) is 5.92 Å². The smallest absolute Gasteiger partial charge is 0.227 e. The maximum atomic E-state index is 12.4. The molecule has 2 atom stereocenters. The Hall–Kier alpha value is -2.27. The Balaban J connectivity index is 1.63. The second-order valence-corrected chi connectivity index (χ2v) is 5.76. The summed E-state index contributed by atoms with van der Waals surface area (Å²) < 4.78 is 5.63. The molecular weight excluding hydrogens is 290 g/mol. The fraction of sp³-hybridized carbons (Fsp3) is 0.389. The Labute approximate surface area is 136 Å². The van der Waals surface area contributed by atoms with Crippen LogP contribution in [-0.2, 0) is 9.53 Å². The molecule has 0 spiro atoms. The van der Waals surface area contributed by atoms with E-state index in [9.17, 15) is 4.79 Å². The van der Waals surface area contributed by atoms with E-state index in [2.05, 4.69) is 22.2 Å². The maximum absolute atomic E-state index is 12.4. The lowest BCUT2D eigenvalue weighted by Crippen LogP contribution is -2.33. The van der Waals surface area contributed by atoms with Crippen LogP contribution in [-0.4, -0.2) is 28.6 Å². The van der Waals surface area contributed by atoms with E-state index in [0.717, 1.165) is 30.5 Å². The van der Waals surface area contributed by atoms with Gasteiger partial charge in [-0.05, 0) is 49.6 Å². The fourth-order valence-electron chi connectivity index (χ4n) is 2.80. The molecule has 0 bridgehead atoms. The van der Waals surface area contributed by atoms with Crippen LogP contribution < -0.4 is 5.32 Å². The van der Waals surface area contributed by atoms with Gasteiger partial charge in [0, 0.05) is 36.2 Å². The topological polar surface area (TPSA) is 64.1 Å². The minimum atomic E-state index is 0.0332. The first kappa shape index (κ1) is 15.6. The molecule has 1 fully saturated rings. The van der Waals surface area contributed by atoms with Crippen molar-refractivity contribution in [2.45, 2.75) is 32.3 Å². The average Bonchev–Trinajstić information content (AvgIpc) is 2.63. The van der Waals surface area contributed by atoms with Crippen LogP contribution in [0.1, 0.15) is 26.2 Å². The molecule has 23 heavy (non-hydrogen) atoms. The van der Waals surface area contributed by atoms with Gasteiger partial charge in [-0.2, -0.15) is 0 Å². The molecular formula is C18H21N3O2. The first-order valence-electron chi connectivity index (χ1n) is 8.06. The highest BCUT2D eigenvalue weighted by atomic mass is 16.5. The van der Waals surface area contributed by atoms with Gasteiger partial charge in [0.15, 0.2) is 5.82 Å². The number of hydrogen-bond acceptors (Lipinski definition) is 4. The summed E-state index contributed by atoms with van der Waals surface area (Å²) in [7, 11) is 0. The van der Waals surface area contributed by atoms with Crippen LogP contribution >= 0.6 is 0 Å². The zero-order valence-corrected chi connectivity index (χ0v) is 13.2. The third kappa shape index (κ3) is 3.93. The SMILES string of the molecule is CC[C@@H]1C[C@H](C(=O)Nc2ccc(-c3ncccn3)cc2)CCO1. The zero-order chi connectivity index (χ0) is 16.1. The molecule has 1 N–H and O–H groups in total. The molecule has 5 nitrogen and oxygen atoms in total. The third-order valence-corrected chi connectivity index (χ3v) is 4.17. The number of rotatable bonds is 4. The van der Waals surface area contributed by atoms with Gasteiger partial charge in [-0.3, -0.25) is 4.79 Å². The second-order valence-electron chi connectivity index (χ2n) is 5.76. The molecule has 5 heteroatoms. The summed E-state index contributed by atoms with van der Waals surface area (Å²) in [6.45, 7) is 2.76. The number of anilines is 1. The van der Waals surface area contributed by atoms with Crippen molar-refractivity contribution in [3.63, 3.8) is 0 Å². The lowest BCUT2D eigenvalue weighted by atomic mass is 9.93. The van der Waals surface area contributed by atoms with Gasteiger partial charge in [0.1, 0.15) is 0 Å². The lowest BCUT2D eigenvalue weighted by Gasteiger charge is -2.28. The van der Waals surface area contributed by atoms with Crippen LogP contribution in [0.25, 0.3) is 11.4 Å². The highest BCUT2D eigenvalue weighted by Gasteiger charge is 2.26. The molecule has 2 heterocycles. The maximum Gasteiger partial charge on any atom is 0.227 e. The van der Waals surface area contributed by atoms with Crippen LogP contribution in [0.15, 0.2) is 42.7 Å². The molecule has 1 aromatic heterocycles. The van der Waals surface area contributed by atoms with Crippen molar-refractivity contribution in [2.24, 2.45) is 5.92 Å². The molecule has 0 saturated carbocycles. The van der Waals surface area contributed by atoms with Crippen molar-refractivity contribution in [3.05, 3.63) is 42.7 Å². The van der Waals surface area contributed by atoms with E-state index in [-0.39, 0.29) is 17.9 Å². The van der Waals surface area contributed by atoms with Gasteiger partial charge in [-0.25, -0.2) is 9.97 Å². The van der Waals surface area contributed by atoms with E-state index in [1.165, 1.54) is 0 Å². The number of nitrogens with zero attached hydrogens (tertiary/aromatic N) is 2. The van der Waals surface area contributed by atoms with Crippen molar-refractivity contribution < 1.29 is 9.53 Å². The number of aromatic nitrogens is 2. The molecule has 1 aromatic carbocycles. The average molecular weight is 311 g/mol. The first-order chi connectivity index (χ1) is 11.3. The van der Waals surface area contributed by atoms with Gasteiger partial charge < -0.3 is 10.1 Å².